The van der Waals surface area contributed by atoms with Crippen molar-refractivity contribution in [1.82, 2.24) is 0 Å². The summed E-state index contributed by atoms with van der Waals surface area (Å²) in [5.41, 5.74) is 1.71. The summed E-state index contributed by atoms with van der Waals surface area (Å²) in [4.78, 5) is 0. The lowest BCUT2D eigenvalue weighted by Gasteiger charge is -2.17. The molecule has 1 aromatic rings. The zero-order chi connectivity index (χ0) is 13.0. The molecule has 0 aliphatic carbocycles. The Labute approximate surface area is 107 Å². The molecule has 1 saturated heterocycles. The summed E-state index contributed by atoms with van der Waals surface area (Å²) < 4.78 is 16.7. The Kier molecular flexibility index (Phi) is 3.97. The van der Waals surface area contributed by atoms with Crippen molar-refractivity contribution in [2.75, 3.05) is 13.2 Å². The van der Waals surface area contributed by atoms with Gasteiger partial charge >= 0.3 is 0 Å². The maximum Gasteiger partial charge on any atom is 0.163 e. The van der Waals surface area contributed by atoms with Crippen LogP contribution in [0.4, 0.5) is 0 Å². The third-order valence-corrected chi connectivity index (χ3v) is 2.72. The number of benzene rings is 1. The Morgan fingerprint density at radius 2 is 2.11 bits per heavy atom. The number of nitrogens with zero attached hydrogens (tertiary/aromatic N) is 1. The van der Waals surface area contributed by atoms with E-state index in [-0.39, 0.29) is 6.10 Å². The minimum Gasteiger partial charge on any atom is -0.374 e. The highest BCUT2D eigenvalue weighted by atomic mass is 16.7. The van der Waals surface area contributed by atoms with Gasteiger partial charge in [-0.1, -0.05) is 12.1 Å². The van der Waals surface area contributed by atoms with Crippen molar-refractivity contribution in [1.29, 1.82) is 5.26 Å². The maximum absolute atomic E-state index is 8.69. The fourth-order valence-corrected chi connectivity index (χ4v) is 1.83. The van der Waals surface area contributed by atoms with Crippen molar-refractivity contribution in [3.63, 3.8) is 0 Å². The highest BCUT2D eigenvalue weighted by Crippen LogP contribution is 2.22. The van der Waals surface area contributed by atoms with E-state index in [9.17, 15) is 0 Å². The van der Waals surface area contributed by atoms with Crippen LogP contribution in [0.15, 0.2) is 24.3 Å². The second kappa shape index (κ2) is 5.49. The number of nitriles is 1. The Balaban J connectivity index is 1.74. The first-order chi connectivity index (χ1) is 8.59. The van der Waals surface area contributed by atoms with Gasteiger partial charge in [-0.15, -0.1) is 0 Å². The molecule has 0 amide bonds. The second-order valence-corrected chi connectivity index (χ2v) is 4.77. The van der Waals surface area contributed by atoms with Gasteiger partial charge in [-0.05, 0) is 31.5 Å². The van der Waals surface area contributed by atoms with Crippen LogP contribution in [-0.4, -0.2) is 25.1 Å². The summed E-state index contributed by atoms with van der Waals surface area (Å²) >= 11 is 0. The smallest absolute Gasteiger partial charge is 0.163 e. The van der Waals surface area contributed by atoms with E-state index in [1.54, 1.807) is 12.1 Å². The Hall–Kier alpha value is -1.41. The molecule has 1 fully saturated rings. The van der Waals surface area contributed by atoms with Gasteiger partial charge in [0.1, 0.15) is 6.10 Å². The monoisotopic (exact) mass is 247 g/mol. The summed E-state index contributed by atoms with van der Waals surface area (Å²) in [5.74, 6) is -0.498. The SMILES string of the molecule is CC1(C)OCC(COCc2ccc(C#N)cc2)O1. The van der Waals surface area contributed by atoms with Gasteiger partial charge in [-0.25, -0.2) is 0 Å². The quantitative estimate of drug-likeness (QED) is 0.818. The number of rotatable bonds is 4. The number of hydrogen-bond donors (Lipinski definition) is 0. The first-order valence-electron chi connectivity index (χ1n) is 5.97. The summed E-state index contributed by atoms with van der Waals surface area (Å²) in [5, 5.41) is 8.69. The molecule has 0 bridgehead atoms. The van der Waals surface area contributed by atoms with Gasteiger partial charge in [-0.2, -0.15) is 5.26 Å². The van der Waals surface area contributed by atoms with Crippen LogP contribution in [0.2, 0.25) is 0 Å². The molecule has 1 aliphatic rings. The van der Waals surface area contributed by atoms with Gasteiger partial charge in [0.25, 0.3) is 0 Å². The molecule has 0 saturated carbocycles. The van der Waals surface area contributed by atoms with Crippen LogP contribution in [0.1, 0.15) is 25.0 Å². The third-order valence-electron chi connectivity index (χ3n) is 2.72. The predicted octanol–water partition coefficient (Wildman–Crippen LogP) is 2.23. The molecule has 0 radical (unpaired) electrons. The summed E-state index contributed by atoms with van der Waals surface area (Å²) in [6, 6.07) is 9.46. The first kappa shape index (κ1) is 13.0. The van der Waals surface area contributed by atoms with Gasteiger partial charge in [0.15, 0.2) is 5.79 Å². The van der Waals surface area contributed by atoms with Crippen LogP contribution in [0.3, 0.4) is 0 Å². The fourth-order valence-electron chi connectivity index (χ4n) is 1.83. The van der Waals surface area contributed by atoms with E-state index in [1.807, 2.05) is 26.0 Å². The fraction of sp³-hybridized carbons (Fsp3) is 0.500. The van der Waals surface area contributed by atoms with Crippen LogP contribution in [0.25, 0.3) is 0 Å². The lowest BCUT2D eigenvalue weighted by molar-refractivity contribution is -0.145. The molecule has 1 aliphatic heterocycles. The molecular weight excluding hydrogens is 230 g/mol. The number of ether oxygens (including phenoxy) is 3. The molecular formula is C14H17NO3. The van der Waals surface area contributed by atoms with Crippen LogP contribution in [-0.2, 0) is 20.8 Å². The second-order valence-electron chi connectivity index (χ2n) is 4.77. The van der Waals surface area contributed by atoms with Gasteiger partial charge < -0.3 is 14.2 Å². The standard InChI is InChI=1S/C14H17NO3/c1-14(2)17-10-13(18-14)9-16-8-12-5-3-11(7-15)4-6-12/h3-6,13H,8-10H2,1-2H3. The van der Waals surface area contributed by atoms with Crippen molar-refractivity contribution < 1.29 is 14.2 Å². The number of hydrogen-bond acceptors (Lipinski definition) is 4. The molecule has 0 spiro atoms. The molecule has 18 heavy (non-hydrogen) atoms. The minimum atomic E-state index is -0.498. The average molecular weight is 247 g/mol. The van der Waals surface area contributed by atoms with Crippen LogP contribution in [0, 0.1) is 11.3 Å². The molecule has 0 aromatic heterocycles. The lowest BCUT2D eigenvalue weighted by Crippen LogP contribution is -2.24. The zero-order valence-corrected chi connectivity index (χ0v) is 10.7. The van der Waals surface area contributed by atoms with E-state index >= 15 is 0 Å². The van der Waals surface area contributed by atoms with Crippen molar-refractivity contribution in [3.05, 3.63) is 35.4 Å². The Morgan fingerprint density at radius 1 is 1.39 bits per heavy atom. The summed E-state index contributed by atoms with van der Waals surface area (Å²) in [7, 11) is 0. The molecule has 1 atom stereocenters. The molecule has 1 unspecified atom stereocenters. The highest BCUT2D eigenvalue weighted by molar-refractivity contribution is 5.31. The predicted molar refractivity (Wildman–Crippen MR) is 65.7 cm³/mol. The van der Waals surface area contributed by atoms with Gasteiger partial charge in [0.2, 0.25) is 0 Å². The molecule has 1 aromatic carbocycles. The summed E-state index contributed by atoms with van der Waals surface area (Å²) in [6.45, 7) is 5.40. The molecule has 2 rings (SSSR count). The van der Waals surface area contributed by atoms with E-state index in [1.165, 1.54) is 0 Å². The molecule has 1 heterocycles. The molecule has 0 N–H and O–H groups in total. The third kappa shape index (κ3) is 3.54. The van der Waals surface area contributed by atoms with Crippen molar-refractivity contribution in [2.45, 2.75) is 32.3 Å². The molecule has 4 heteroatoms. The lowest BCUT2D eigenvalue weighted by atomic mass is 10.2. The maximum atomic E-state index is 8.69. The molecule has 4 nitrogen and oxygen atoms in total. The minimum absolute atomic E-state index is 0.00150. The topological polar surface area (TPSA) is 51.5 Å². The van der Waals surface area contributed by atoms with Gasteiger partial charge in [-0.3, -0.25) is 0 Å². The van der Waals surface area contributed by atoms with E-state index in [0.717, 1.165) is 5.56 Å². The van der Waals surface area contributed by atoms with Crippen molar-refractivity contribution in [2.24, 2.45) is 0 Å². The highest BCUT2D eigenvalue weighted by Gasteiger charge is 2.32. The van der Waals surface area contributed by atoms with Crippen LogP contribution < -0.4 is 0 Å². The Morgan fingerprint density at radius 3 is 2.67 bits per heavy atom. The van der Waals surface area contributed by atoms with Crippen LogP contribution in [0.5, 0.6) is 0 Å². The van der Waals surface area contributed by atoms with Crippen molar-refractivity contribution >= 4 is 0 Å². The molecule has 96 valence electrons. The summed E-state index contributed by atoms with van der Waals surface area (Å²) in [6.07, 6.45) is -0.00150. The van der Waals surface area contributed by atoms with E-state index < -0.39 is 5.79 Å². The largest absolute Gasteiger partial charge is 0.374 e. The van der Waals surface area contributed by atoms with Crippen LogP contribution >= 0.6 is 0 Å². The Bertz CT molecular complexity index is 433. The van der Waals surface area contributed by atoms with E-state index in [4.69, 9.17) is 19.5 Å². The average Bonchev–Trinajstić information content (AvgIpc) is 2.70. The van der Waals surface area contributed by atoms with E-state index in [0.29, 0.717) is 25.4 Å². The van der Waals surface area contributed by atoms with E-state index in [2.05, 4.69) is 6.07 Å². The van der Waals surface area contributed by atoms with Crippen molar-refractivity contribution in [3.8, 4) is 6.07 Å². The van der Waals surface area contributed by atoms with Gasteiger partial charge in [0, 0.05) is 0 Å². The zero-order valence-electron chi connectivity index (χ0n) is 10.7. The first-order valence-corrected chi connectivity index (χ1v) is 5.97. The normalized spacial score (nSPS) is 21.7. The van der Waals surface area contributed by atoms with Gasteiger partial charge in [0.05, 0.1) is 31.5 Å².